The summed E-state index contributed by atoms with van der Waals surface area (Å²) in [4.78, 5) is 93.4. The van der Waals surface area contributed by atoms with Gasteiger partial charge in [-0.15, -0.1) is 0 Å². The summed E-state index contributed by atoms with van der Waals surface area (Å²) >= 11 is 14.1. The fraction of sp³-hybridized carbons (Fsp3) is 0.547. The number of ether oxygens (including phenoxy) is 2. The van der Waals surface area contributed by atoms with E-state index in [1.807, 2.05) is 89.0 Å². The summed E-state index contributed by atoms with van der Waals surface area (Å²) in [6, 6.07) is 8.41. The number of benzene rings is 2. The van der Waals surface area contributed by atoms with Gasteiger partial charge in [-0.25, -0.2) is 18.4 Å². The molecular formula is C64H84Cl4CuF2IN17O9. The van der Waals surface area contributed by atoms with E-state index in [0.29, 0.717) is 89.4 Å². The van der Waals surface area contributed by atoms with E-state index in [1.54, 1.807) is 31.9 Å². The molecule has 2 atom stereocenters. The van der Waals surface area contributed by atoms with Gasteiger partial charge in [0, 0.05) is 103 Å². The summed E-state index contributed by atoms with van der Waals surface area (Å²) in [7, 11) is 9.34. The van der Waals surface area contributed by atoms with E-state index in [4.69, 9.17) is 38.4 Å². The summed E-state index contributed by atoms with van der Waals surface area (Å²) in [6.07, 6.45) is 13.2. The Labute approximate surface area is 607 Å². The van der Waals surface area contributed by atoms with Crippen LogP contribution in [-0.2, 0) is 92.3 Å². The normalized spacial score (nSPS) is 19.1. The maximum atomic E-state index is 13.3. The molecule has 26 nitrogen and oxygen atoms in total. The molecule has 2 unspecified atom stereocenters. The number of carbonyl (C=O) groups is 7. The molecule has 7 amide bonds. The van der Waals surface area contributed by atoms with Crippen LogP contribution in [0.2, 0.25) is 10.0 Å². The van der Waals surface area contributed by atoms with Crippen LogP contribution in [0, 0.1) is 15.2 Å². The number of nitrogens with one attached hydrogen (secondary N) is 2. The maximum absolute atomic E-state index is 13.3. The van der Waals surface area contributed by atoms with E-state index in [0.717, 1.165) is 123 Å². The fourth-order valence-corrected chi connectivity index (χ4v) is 12.8. The second kappa shape index (κ2) is 35.7. The molecule has 3 aromatic heterocycles. The Balaban J connectivity index is 0.000000156. The molecule has 34 heteroatoms. The van der Waals surface area contributed by atoms with E-state index < -0.39 is 22.8 Å². The number of carbonyl (C=O) groups excluding carboxylic acids is 7. The Morgan fingerprint density at radius 1 is 0.643 bits per heavy atom. The second-order valence-corrected chi connectivity index (χ2v) is 29.5. The first-order valence-corrected chi connectivity index (χ1v) is 36.7. The molecule has 5 aromatic rings. The van der Waals surface area contributed by atoms with Crippen LogP contribution in [0.15, 0.2) is 60.1 Å². The van der Waals surface area contributed by atoms with E-state index in [9.17, 15) is 42.3 Å². The summed E-state index contributed by atoms with van der Waals surface area (Å²) in [5, 5.41) is 25.4. The molecule has 9 aliphatic heterocycles. The van der Waals surface area contributed by atoms with Crippen molar-refractivity contribution >= 4 is 131 Å². The first-order chi connectivity index (χ1) is 46.6. The molecule has 14 rings (SSSR count). The van der Waals surface area contributed by atoms with Crippen LogP contribution < -0.4 is 26.2 Å². The zero-order valence-electron chi connectivity index (χ0n) is 55.6. The third-order valence-corrected chi connectivity index (χ3v) is 18.1. The molecule has 5 fully saturated rings. The fourth-order valence-electron chi connectivity index (χ4n) is 11.8. The number of fused-ring (bicyclic) bond motifs is 4. The zero-order valence-corrected chi connectivity index (χ0v) is 61.7. The summed E-state index contributed by atoms with van der Waals surface area (Å²) in [5.41, 5.74) is 10.4. The molecule has 539 valence electrons. The minimum atomic E-state index is -0.496. The number of hydrogen-bond donors (Lipinski definition) is 3. The van der Waals surface area contributed by atoms with Gasteiger partial charge in [-0.3, -0.25) is 43.0 Å². The SMILES string of the molecule is CC(C)(C)OC(=O)N1CCN2N=CC(N3CCCC3=O)C2C1.CC(C)(C)OC(=O)N1CCn2ncc(I)c2C1.Nc1ccc(F)c(Cl)c1.O=C(Cc1ccc(F)c(Cl)c1)N1CCn2ncc(N3CCCC3=O)c2C1.O=C1CCCN1.O=C1CCCN1c1cnn2c1CNCC2.[Cl][Cu][Cl]. The van der Waals surface area contributed by atoms with Gasteiger partial charge in [0.1, 0.15) is 22.8 Å². The molecule has 5 saturated heterocycles. The molecule has 98 heavy (non-hydrogen) atoms. The number of amides is 7. The third kappa shape index (κ3) is 21.5. The number of rotatable bonds is 5. The van der Waals surface area contributed by atoms with Gasteiger partial charge in [-0.05, 0) is 126 Å². The molecular weight excluding hydrogens is 1520 g/mol. The third-order valence-electron chi connectivity index (χ3n) is 16.6. The van der Waals surface area contributed by atoms with Gasteiger partial charge in [-0.1, -0.05) is 29.3 Å². The Morgan fingerprint density at radius 2 is 1.18 bits per heavy atom. The second-order valence-electron chi connectivity index (χ2n) is 26.0. The molecule has 0 spiro atoms. The van der Waals surface area contributed by atoms with E-state index in [1.165, 1.54) is 30.3 Å². The Kier molecular flexibility index (Phi) is 28.1. The van der Waals surface area contributed by atoms with Crippen LogP contribution >= 0.6 is 66.0 Å². The Bertz CT molecular complexity index is 3660. The van der Waals surface area contributed by atoms with Gasteiger partial charge in [-0.2, -0.15) is 20.4 Å². The zero-order chi connectivity index (χ0) is 71.0. The number of anilines is 3. The van der Waals surface area contributed by atoms with Gasteiger partial charge in [0.15, 0.2) is 0 Å². The number of piperazine rings is 1. The van der Waals surface area contributed by atoms with Crippen LogP contribution in [0.5, 0.6) is 0 Å². The summed E-state index contributed by atoms with van der Waals surface area (Å²) < 4.78 is 43.3. The van der Waals surface area contributed by atoms with Gasteiger partial charge in [0.2, 0.25) is 29.5 Å². The van der Waals surface area contributed by atoms with Crippen molar-refractivity contribution in [3.63, 3.8) is 0 Å². The summed E-state index contributed by atoms with van der Waals surface area (Å²) in [5.74, 6) is -0.265. The number of aromatic nitrogens is 6. The Hall–Kier alpha value is -6.54. The van der Waals surface area contributed by atoms with Crippen molar-refractivity contribution in [2.45, 2.75) is 162 Å². The van der Waals surface area contributed by atoms with Crippen LogP contribution in [-0.4, -0.2) is 191 Å². The van der Waals surface area contributed by atoms with Crippen molar-refractivity contribution in [2.24, 2.45) is 5.10 Å². The van der Waals surface area contributed by atoms with Crippen LogP contribution in [0.4, 0.5) is 35.4 Å². The van der Waals surface area contributed by atoms with Gasteiger partial charge in [0.25, 0.3) is 0 Å². The first kappa shape index (κ1) is 77.2. The number of nitrogens with two attached hydrogens (primary N) is 1. The predicted molar refractivity (Wildman–Crippen MR) is 373 cm³/mol. The van der Waals surface area contributed by atoms with Crippen LogP contribution in [0.25, 0.3) is 0 Å². The average Bonchev–Trinajstić information content (AvgIpc) is 1.65. The molecule has 2 aromatic carbocycles. The molecule has 12 heterocycles. The molecule has 9 aliphatic rings. The van der Waals surface area contributed by atoms with Crippen molar-refractivity contribution in [1.82, 2.24) is 64.6 Å². The molecule has 0 aliphatic carbocycles. The van der Waals surface area contributed by atoms with E-state index in [2.05, 4.69) is 73.8 Å². The number of likely N-dealkylation sites (tertiary alicyclic amines) is 1. The Morgan fingerprint density at radius 3 is 1.72 bits per heavy atom. The molecule has 0 saturated carbocycles. The number of halogens is 7. The van der Waals surface area contributed by atoms with Gasteiger partial charge >= 0.3 is 45.5 Å². The van der Waals surface area contributed by atoms with Crippen molar-refractivity contribution in [3.8, 4) is 0 Å². The van der Waals surface area contributed by atoms with E-state index in [-0.39, 0.29) is 70.3 Å². The topological polar surface area (TPSA) is 277 Å². The number of hydrazone groups is 1. The molecule has 0 bridgehead atoms. The standard InChI is InChI=1S/C18H18ClFN4O2.C15H24N4O3.C11H16IN3O2.C10H14N4O.C6H5ClFN.C4H7NO.2ClH.Cu/c19-13-8-12(3-4-14(13)20)9-18(26)22-6-7-24-16(11-22)15(10-21-24)23-5-1-2-17(23)25;1-15(2,3)22-14(21)17-7-8-19-12(10-17)11(9-16-19)18-6-4-5-13(18)20;1-11(2,3)17-10(16)14-4-5-15-9(7-14)8(12)6-13-15;15-10-2-1-4-13(10)8-7-12-14-5-3-11-6-9(8)14;7-5-3-4(9)1-2-6(5)8;6-4-2-1-3-5-4;;;/h3-4,8,10H,1-2,5-7,9,11H2;9,11-12H,4-8,10H2,1-3H3;6H,4-5,7H2,1-3H3;7,11H,1-6H2;1-3H,9H2;1-3H2,(H,5,6);2*1H;/q;;;;;;;;+2/p-2. The first-order valence-electron chi connectivity index (χ1n) is 32.3. The van der Waals surface area contributed by atoms with E-state index >= 15 is 0 Å². The van der Waals surface area contributed by atoms with Crippen molar-refractivity contribution in [1.29, 1.82) is 0 Å². The minimum absolute atomic E-state index is 0.0156. The number of hydrogen-bond acceptors (Lipinski definition) is 16. The van der Waals surface area contributed by atoms with Crippen LogP contribution in [0.3, 0.4) is 0 Å². The predicted octanol–water partition coefficient (Wildman–Crippen LogP) is 8.97. The van der Waals surface area contributed by atoms with Gasteiger partial charge < -0.3 is 55.2 Å². The van der Waals surface area contributed by atoms with Crippen molar-refractivity contribution < 1.29 is 64.9 Å². The number of nitrogen functional groups attached to an aromatic ring is 1. The van der Waals surface area contributed by atoms with Crippen LogP contribution in [0.1, 0.15) is 116 Å². The number of nitrogens with zero attached hydrogens (tertiary/aromatic N) is 14. The molecule has 4 N–H and O–H groups in total. The monoisotopic (exact) mass is 1600 g/mol. The summed E-state index contributed by atoms with van der Waals surface area (Å²) in [6.45, 7) is 22.5. The van der Waals surface area contributed by atoms with Crippen molar-refractivity contribution in [3.05, 3.63) is 103 Å². The van der Waals surface area contributed by atoms with Gasteiger partial charge in [0.05, 0.1) is 118 Å². The van der Waals surface area contributed by atoms with Crippen molar-refractivity contribution in [2.75, 3.05) is 81.0 Å². The average molecular weight is 1610 g/mol. The quantitative estimate of drug-likeness (QED) is 0.0841. The molecule has 0 radical (unpaired) electrons.